The van der Waals surface area contributed by atoms with Crippen LogP contribution in [0.15, 0.2) is 16.9 Å². The highest BCUT2D eigenvalue weighted by atomic mass is 16.5. The molecule has 1 aromatic heterocycles. The Morgan fingerprint density at radius 3 is 2.79 bits per heavy atom. The zero-order valence-corrected chi connectivity index (χ0v) is 10.9. The van der Waals surface area contributed by atoms with E-state index in [1.54, 1.807) is 0 Å². The number of rotatable bonds is 3. The van der Waals surface area contributed by atoms with Crippen LogP contribution in [0.3, 0.4) is 0 Å². The number of hydrogen-bond donors (Lipinski definition) is 2. The summed E-state index contributed by atoms with van der Waals surface area (Å²) in [5.41, 5.74) is 0. The fraction of sp³-hybridized carbons (Fsp3) is 0.583. The predicted molar refractivity (Wildman–Crippen MR) is 68.4 cm³/mol. The summed E-state index contributed by atoms with van der Waals surface area (Å²) in [7, 11) is 2.08. The van der Waals surface area contributed by atoms with Gasteiger partial charge in [0.05, 0.1) is 0 Å². The molecule has 0 aromatic carbocycles. The Morgan fingerprint density at radius 1 is 1.42 bits per heavy atom. The number of likely N-dealkylation sites (tertiary alicyclic amines) is 1. The zero-order valence-electron chi connectivity index (χ0n) is 10.9. The minimum atomic E-state index is -0.721. The number of piperidine rings is 1. The van der Waals surface area contributed by atoms with Crippen molar-refractivity contribution in [2.24, 2.45) is 5.92 Å². The molecule has 1 aliphatic rings. The Bertz CT molecular complexity index is 424. The van der Waals surface area contributed by atoms with Crippen LogP contribution in [0.1, 0.15) is 12.8 Å². The number of carbonyl (C=O) groups excluding carboxylic acids is 2. The molecule has 2 heterocycles. The highest BCUT2D eigenvalue weighted by Gasteiger charge is 2.20. The molecule has 0 radical (unpaired) electrons. The van der Waals surface area contributed by atoms with E-state index in [1.165, 1.54) is 12.3 Å². The van der Waals surface area contributed by atoms with Gasteiger partial charge in [-0.3, -0.25) is 14.9 Å². The van der Waals surface area contributed by atoms with Crippen LogP contribution in [-0.4, -0.2) is 48.6 Å². The van der Waals surface area contributed by atoms with Crippen LogP contribution < -0.4 is 10.6 Å². The van der Waals surface area contributed by atoms with E-state index in [-0.39, 0.29) is 5.82 Å². The van der Waals surface area contributed by atoms with Gasteiger partial charge in [0, 0.05) is 12.6 Å². The van der Waals surface area contributed by atoms with Gasteiger partial charge in [0.25, 0.3) is 0 Å². The molecule has 19 heavy (non-hydrogen) atoms. The molecule has 1 aliphatic heterocycles. The first kappa shape index (κ1) is 13.5. The van der Waals surface area contributed by atoms with Crippen molar-refractivity contribution in [3.05, 3.63) is 12.3 Å². The van der Waals surface area contributed by atoms with Gasteiger partial charge in [-0.2, -0.15) is 0 Å². The average Bonchev–Trinajstić information content (AvgIpc) is 2.90. The average molecular weight is 266 g/mol. The molecule has 1 aromatic rings. The van der Waals surface area contributed by atoms with Gasteiger partial charge in [-0.1, -0.05) is 5.16 Å². The van der Waals surface area contributed by atoms with E-state index in [0.717, 1.165) is 25.9 Å². The molecule has 0 saturated carbocycles. The number of nitrogens with one attached hydrogen (secondary N) is 2. The molecule has 0 unspecified atom stereocenters. The molecule has 0 spiro atoms. The minimum absolute atomic E-state index is 0.236. The maximum absolute atomic E-state index is 11.6. The van der Waals surface area contributed by atoms with Crippen molar-refractivity contribution in [2.75, 3.05) is 32.0 Å². The normalized spacial score (nSPS) is 17.1. The van der Waals surface area contributed by atoms with E-state index >= 15 is 0 Å². The Hall–Kier alpha value is -1.89. The smallest absolute Gasteiger partial charge is 0.314 e. The number of nitrogens with zero attached hydrogens (tertiary/aromatic N) is 2. The third-order valence-electron chi connectivity index (χ3n) is 3.28. The van der Waals surface area contributed by atoms with Crippen molar-refractivity contribution in [2.45, 2.75) is 12.8 Å². The quantitative estimate of drug-likeness (QED) is 0.756. The van der Waals surface area contributed by atoms with Gasteiger partial charge in [0.1, 0.15) is 6.26 Å². The summed E-state index contributed by atoms with van der Waals surface area (Å²) in [6.07, 6.45) is 3.41. The third kappa shape index (κ3) is 4.06. The van der Waals surface area contributed by atoms with Crippen LogP contribution in [0, 0.1) is 5.92 Å². The van der Waals surface area contributed by atoms with Gasteiger partial charge in [-0.15, -0.1) is 0 Å². The maximum Gasteiger partial charge on any atom is 0.314 e. The molecule has 104 valence electrons. The molecule has 2 N–H and O–H groups in total. The summed E-state index contributed by atoms with van der Waals surface area (Å²) in [6, 6.07) is 1.47. The van der Waals surface area contributed by atoms with Crippen LogP contribution in [0.25, 0.3) is 0 Å². The van der Waals surface area contributed by atoms with E-state index in [0.29, 0.717) is 12.5 Å². The number of amides is 2. The number of hydrogen-bond acceptors (Lipinski definition) is 5. The van der Waals surface area contributed by atoms with Gasteiger partial charge in [0.15, 0.2) is 5.82 Å². The number of carbonyl (C=O) groups is 2. The SMILES string of the molecule is CN1CCC(CNC(=O)C(=O)Nc2ccon2)CC1. The number of aromatic nitrogens is 1. The first-order valence-electron chi connectivity index (χ1n) is 6.33. The van der Waals surface area contributed by atoms with Crippen molar-refractivity contribution < 1.29 is 14.1 Å². The van der Waals surface area contributed by atoms with Crippen molar-refractivity contribution >= 4 is 17.6 Å². The van der Waals surface area contributed by atoms with Crippen LogP contribution in [-0.2, 0) is 9.59 Å². The van der Waals surface area contributed by atoms with Gasteiger partial charge in [-0.05, 0) is 38.9 Å². The monoisotopic (exact) mass is 266 g/mol. The van der Waals surface area contributed by atoms with E-state index in [9.17, 15) is 9.59 Å². The van der Waals surface area contributed by atoms with Gasteiger partial charge >= 0.3 is 11.8 Å². The molecule has 0 bridgehead atoms. The highest BCUT2D eigenvalue weighted by molar-refractivity contribution is 6.39. The Kier molecular flexibility index (Phi) is 4.51. The summed E-state index contributed by atoms with van der Waals surface area (Å²) in [6.45, 7) is 2.61. The fourth-order valence-electron chi connectivity index (χ4n) is 2.03. The van der Waals surface area contributed by atoms with Crippen LogP contribution in [0.5, 0.6) is 0 Å². The third-order valence-corrected chi connectivity index (χ3v) is 3.28. The topological polar surface area (TPSA) is 87.5 Å². The summed E-state index contributed by atoms with van der Waals surface area (Å²) in [4.78, 5) is 25.4. The van der Waals surface area contributed by atoms with E-state index < -0.39 is 11.8 Å². The molecule has 2 rings (SSSR count). The Morgan fingerprint density at radius 2 is 2.16 bits per heavy atom. The zero-order chi connectivity index (χ0) is 13.7. The van der Waals surface area contributed by atoms with Crippen molar-refractivity contribution in [1.29, 1.82) is 0 Å². The lowest BCUT2D eigenvalue weighted by Gasteiger charge is -2.28. The largest absolute Gasteiger partial charge is 0.363 e. The fourth-order valence-corrected chi connectivity index (χ4v) is 2.03. The van der Waals surface area contributed by atoms with Gasteiger partial charge < -0.3 is 14.7 Å². The lowest BCUT2D eigenvalue weighted by molar-refractivity contribution is -0.136. The standard InChI is InChI=1S/C12H18N4O3/c1-16-5-2-9(3-6-16)8-13-11(17)12(18)14-10-4-7-19-15-10/h4,7,9H,2-3,5-6,8H2,1H3,(H,13,17)(H,14,15,18). The van der Waals surface area contributed by atoms with Gasteiger partial charge in [-0.25, -0.2) is 0 Å². The van der Waals surface area contributed by atoms with Crippen LogP contribution >= 0.6 is 0 Å². The Labute approximate surface area is 111 Å². The first-order chi connectivity index (χ1) is 9.15. The predicted octanol–water partition coefficient (Wildman–Crippen LogP) is 0.0711. The molecule has 0 atom stereocenters. The van der Waals surface area contributed by atoms with Gasteiger partial charge in [0.2, 0.25) is 0 Å². The summed E-state index contributed by atoms with van der Waals surface area (Å²) < 4.78 is 4.56. The second kappa shape index (κ2) is 6.33. The molecule has 1 fully saturated rings. The second-order valence-corrected chi connectivity index (χ2v) is 4.80. The Balaban J connectivity index is 1.70. The van der Waals surface area contributed by atoms with Crippen molar-refractivity contribution in [3.63, 3.8) is 0 Å². The van der Waals surface area contributed by atoms with Crippen LogP contribution in [0.4, 0.5) is 5.82 Å². The van der Waals surface area contributed by atoms with E-state index in [2.05, 4.69) is 32.3 Å². The van der Waals surface area contributed by atoms with E-state index in [1.807, 2.05) is 0 Å². The number of anilines is 1. The van der Waals surface area contributed by atoms with Crippen molar-refractivity contribution in [3.8, 4) is 0 Å². The summed E-state index contributed by atoms with van der Waals surface area (Å²) in [5.74, 6) is -0.678. The lowest BCUT2D eigenvalue weighted by Crippen LogP contribution is -2.41. The molecule has 1 saturated heterocycles. The highest BCUT2D eigenvalue weighted by Crippen LogP contribution is 2.14. The molecular formula is C12H18N4O3. The molecule has 0 aliphatic carbocycles. The molecule has 7 nitrogen and oxygen atoms in total. The maximum atomic E-state index is 11.6. The molecular weight excluding hydrogens is 248 g/mol. The molecule has 7 heteroatoms. The molecule has 2 amide bonds. The summed E-state index contributed by atoms with van der Waals surface area (Å²) >= 11 is 0. The lowest BCUT2D eigenvalue weighted by atomic mass is 9.97. The summed E-state index contributed by atoms with van der Waals surface area (Å²) in [5, 5.41) is 8.51. The van der Waals surface area contributed by atoms with Crippen LogP contribution in [0.2, 0.25) is 0 Å². The van der Waals surface area contributed by atoms with E-state index in [4.69, 9.17) is 0 Å². The second-order valence-electron chi connectivity index (χ2n) is 4.80. The first-order valence-corrected chi connectivity index (χ1v) is 6.33. The minimum Gasteiger partial charge on any atom is -0.363 e. The van der Waals surface area contributed by atoms with Crippen molar-refractivity contribution in [1.82, 2.24) is 15.4 Å².